The highest BCUT2D eigenvalue weighted by Gasteiger charge is 2.05. The van der Waals surface area contributed by atoms with E-state index in [1.54, 1.807) is 0 Å². The number of hydrogen-bond acceptors (Lipinski definition) is 3. The minimum Gasteiger partial charge on any atom is -0.294 e. The first-order valence-electron chi connectivity index (χ1n) is 6.65. The molecule has 0 bridgehead atoms. The quantitative estimate of drug-likeness (QED) is 0.532. The Kier molecular flexibility index (Phi) is 9.99. The van der Waals surface area contributed by atoms with E-state index in [0.717, 1.165) is 13.3 Å². The molecule has 0 aromatic rings. The minimum absolute atomic E-state index is 1.07. The highest BCUT2D eigenvalue weighted by Crippen LogP contribution is 1.96. The van der Waals surface area contributed by atoms with Gasteiger partial charge >= 0.3 is 0 Å². The third kappa shape index (κ3) is 9.13. The molecule has 0 fully saturated rings. The van der Waals surface area contributed by atoms with Crippen molar-refractivity contribution in [3.63, 3.8) is 0 Å². The maximum Gasteiger partial charge on any atom is 0.0512 e. The molecule has 0 aromatic carbocycles. The summed E-state index contributed by atoms with van der Waals surface area (Å²) >= 11 is 0. The fourth-order valence-electron chi connectivity index (χ4n) is 1.87. The van der Waals surface area contributed by atoms with Gasteiger partial charge < -0.3 is 0 Å². The SMILES string of the molecule is CCCCN(C)CN(C)CN(C)CCCC. The summed E-state index contributed by atoms with van der Waals surface area (Å²) in [6, 6.07) is 0. The highest BCUT2D eigenvalue weighted by atomic mass is 15.4. The van der Waals surface area contributed by atoms with Crippen LogP contribution < -0.4 is 0 Å². The van der Waals surface area contributed by atoms with Gasteiger partial charge in [-0.25, -0.2) is 0 Å². The summed E-state index contributed by atoms with van der Waals surface area (Å²) in [5.41, 5.74) is 0. The van der Waals surface area contributed by atoms with Gasteiger partial charge in [0.15, 0.2) is 0 Å². The van der Waals surface area contributed by atoms with Crippen LogP contribution in [0, 0.1) is 0 Å². The molecule has 0 N–H and O–H groups in total. The first kappa shape index (κ1) is 15.9. The van der Waals surface area contributed by atoms with E-state index in [-0.39, 0.29) is 0 Å². The highest BCUT2D eigenvalue weighted by molar-refractivity contribution is 4.54. The first-order valence-corrected chi connectivity index (χ1v) is 6.65. The van der Waals surface area contributed by atoms with Gasteiger partial charge in [0.05, 0.1) is 13.3 Å². The molecule has 0 aliphatic rings. The van der Waals surface area contributed by atoms with Crippen molar-refractivity contribution in [2.45, 2.75) is 39.5 Å². The lowest BCUT2D eigenvalue weighted by atomic mass is 10.3. The molecule has 0 heterocycles. The van der Waals surface area contributed by atoms with Crippen molar-refractivity contribution in [3.05, 3.63) is 0 Å². The summed E-state index contributed by atoms with van der Waals surface area (Å²) in [6.07, 6.45) is 5.17. The van der Waals surface area contributed by atoms with Crippen LogP contribution in [0.2, 0.25) is 0 Å². The molecule has 0 atom stereocenters. The number of nitrogens with zero attached hydrogens (tertiary/aromatic N) is 3. The van der Waals surface area contributed by atoms with Crippen molar-refractivity contribution >= 4 is 0 Å². The Morgan fingerprint density at radius 3 is 1.31 bits per heavy atom. The molecule has 0 rings (SSSR count). The molecule has 0 radical (unpaired) electrons. The van der Waals surface area contributed by atoms with Crippen LogP contribution >= 0.6 is 0 Å². The van der Waals surface area contributed by atoms with Gasteiger partial charge in [-0.15, -0.1) is 0 Å². The van der Waals surface area contributed by atoms with E-state index in [0.29, 0.717) is 0 Å². The first-order chi connectivity index (χ1) is 7.60. The van der Waals surface area contributed by atoms with E-state index in [9.17, 15) is 0 Å². The molecule has 0 aliphatic carbocycles. The Morgan fingerprint density at radius 1 is 0.625 bits per heavy atom. The third-order valence-corrected chi connectivity index (χ3v) is 2.75. The van der Waals surface area contributed by atoms with Crippen LogP contribution in [0.4, 0.5) is 0 Å². The van der Waals surface area contributed by atoms with Crippen molar-refractivity contribution in [1.82, 2.24) is 14.7 Å². The van der Waals surface area contributed by atoms with Crippen LogP contribution in [0.5, 0.6) is 0 Å². The van der Waals surface area contributed by atoms with E-state index >= 15 is 0 Å². The summed E-state index contributed by atoms with van der Waals surface area (Å²) < 4.78 is 0. The Bertz CT molecular complexity index is 134. The lowest BCUT2D eigenvalue weighted by Crippen LogP contribution is -2.40. The third-order valence-electron chi connectivity index (χ3n) is 2.75. The zero-order chi connectivity index (χ0) is 12.4. The molecule has 0 amide bonds. The van der Waals surface area contributed by atoms with Crippen LogP contribution in [0.1, 0.15) is 39.5 Å². The molecular formula is C13H31N3. The predicted octanol–water partition coefficient (Wildman–Crippen LogP) is 2.30. The number of rotatable bonds is 10. The Labute approximate surface area is 102 Å². The smallest absolute Gasteiger partial charge is 0.0512 e. The number of unbranched alkanes of at least 4 members (excludes halogenated alkanes) is 2. The Balaban J connectivity index is 3.58. The molecule has 98 valence electrons. The fourth-order valence-corrected chi connectivity index (χ4v) is 1.87. The summed E-state index contributed by atoms with van der Waals surface area (Å²) in [5, 5.41) is 0. The van der Waals surface area contributed by atoms with Gasteiger partial charge in [0, 0.05) is 0 Å². The molecule has 0 aromatic heterocycles. The van der Waals surface area contributed by atoms with E-state index in [1.807, 2.05) is 0 Å². The Hall–Kier alpha value is -0.120. The molecule has 0 saturated heterocycles. The van der Waals surface area contributed by atoms with Crippen molar-refractivity contribution in [2.24, 2.45) is 0 Å². The van der Waals surface area contributed by atoms with Gasteiger partial charge in [-0.05, 0) is 47.1 Å². The average Bonchev–Trinajstić information content (AvgIpc) is 2.23. The normalized spacial score (nSPS) is 12.0. The van der Waals surface area contributed by atoms with Gasteiger partial charge in [0.2, 0.25) is 0 Å². The van der Waals surface area contributed by atoms with Gasteiger partial charge in [0.1, 0.15) is 0 Å². The van der Waals surface area contributed by atoms with Crippen LogP contribution in [0.25, 0.3) is 0 Å². The van der Waals surface area contributed by atoms with E-state index in [4.69, 9.17) is 0 Å². The Morgan fingerprint density at radius 2 is 1.00 bits per heavy atom. The number of hydrogen-bond donors (Lipinski definition) is 0. The van der Waals surface area contributed by atoms with E-state index in [2.05, 4.69) is 49.7 Å². The standard InChI is InChI=1S/C13H31N3/c1-6-8-10-14(3)12-16(5)13-15(4)11-9-7-2/h6-13H2,1-5H3. The second-order valence-corrected chi connectivity index (χ2v) is 5.01. The van der Waals surface area contributed by atoms with E-state index in [1.165, 1.54) is 38.8 Å². The van der Waals surface area contributed by atoms with Crippen LogP contribution in [0.15, 0.2) is 0 Å². The van der Waals surface area contributed by atoms with Gasteiger partial charge in [0.25, 0.3) is 0 Å². The zero-order valence-electron chi connectivity index (χ0n) is 12.0. The molecule has 16 heavy (non-hydrogen) atoms. The molecule has 3 nitrogen and oxygen atoms in total. The molecular weight excluding hydrogens is 198 g/mol. The lowest BCUT2D eigenvalue weighted by Gasteiger charge is -2.28. The van der Waals surface area contributed by atoms with Crippen molar-refractivity contribution in [3.8, 4) is 0 Å². The van der Waals surface area contributed by atoms with Crippen LogP contribution in [-0.2, 0) is 0 Å². The summed E-state index contributed by atoms with van der Waals surface area (Å²) in [6.45, 7) is 9.04. The summed E-state index contributed by atoms with van der Waals surface area (Å²) in [4.78, 5) is 7.18. The topological polar surface area (TPSA) is 9.72 Å². The van der Waals surface area contributed by atoms with Gasteiger partial charge in [-0.3, -0.25) is 14.7 Å². The largest absolute Gasteiger partial charge is 0.294 e. The lowest BCUT2D eigenvalue weighted by molar-refractivity contribution is 0.117. The molecule has 0 aliphatic heterocycles. The minimum atomic E-state index is 1.07. The van der Waals surface area contributed by atoms with Crippen LogP contribution in [-0.4, -0.2) is 62.3 Å². The molecule has 0 saturated carbocycles. The van der Waals surface area contributed by atoms with Gasteiger partial charge in [-0.1, -0.05) is 26.7 Å². The fraction of sp³-hybridized carbons (Fsp3) is 1.00. The molecule has 0 spiro atoms. The van der Waals surface area contributed by atoms with Crippen molar-refractivity contribution in [2.75, 3.05) is 47.6 Å². The summed E-state index contributed by atoms with van der Waals surface area (Å²) in [5.74, 6) is 0. The van der Waals surface area contributed by atoms with Crippen LogP contribution in [0.3, 0.4) is 0 Å². The predicted molar refractivity (Wildman–Crippen MR) is 72.6 cm³/mol. The maximum absolute atomic E-state index is 2.40. The second kappa shape index (κ2) is 10.1. The van der Waals surface area contributed by atoms with E-state index < -0.39 is 0 Å². The molecule has 0 unspecified atom stereocenters. The van der Waals surface area contributed by atoms with Crippen molar-refractivity contribution in [1.29, 1.82) is 0 Å². The van der Waals surface area contributed by atoms with Gasteiger partial charge in [-0.2, -0.15) is 0 Å². The molecule has 3 heteroatoms. The maximum atomic E-state index is 2.40. The second-order valence-electron chi connectivity index (χ2n) is 5.01. The average molecular weight is 229 g/mol. The zero-order valence-corrected chi connectivity index (χ0v) is 12.0. The van der Waals surface area contributed by atoms with Crippen molar-refractivity contribution < 1.29 is 0 Å². The monoisotopic (exact) mass is 229 g/mol. The summed E-state index contributed by atoms with van der Waals surface area (Å²) in [7, 11) is 6.61.